The van der Waals surface area contributed by atoms with E-state index >= 15 is 0 Å². The van der Waals surface area contributed by atoms with Crippen molar-refractivity contribution in [3.63, 3.8) is 0 Å². The number of amidine groups is 1. The number of hydrogen-bond donors (Lipinski definition) is 2. The van der Waals surface area contributed by atoms with Gasteiger partial charge < -0.3 is 35.0 Å². The molecule has 0 saturated heterocycles. The molecular formula is C24H38N4O6. The number of oxime groups is 1. The zero-order chi connectivity index (χ0) is 25.5. The molecule has 0 saturated carbocycles. The highest BCUT2D eigenvalue weighted by Crippen LogP contribution is 2.33. The van der Waals surface area contributed by atoms with E-state index in [-0.39, 0.29) is 24.3 Å². The van der Waals surface area contributed by atoms with Gasteiger partial charge in [0.2, 0.25) is 0 Å². The number of amides is 2. The van der Waals surface area contributed by atoms with Gasteiger partial charge in [-0.3, -0.25) is 4.79 Å². The van der Waals surface area contributed by atoms with Crippen LogP contribution >= 0.6 is 0 Å². The van der Waals surface area contributed by atoms with Crippen molar-refractivity contribution in [3.8, 4) is 11.5 Å². The Kier molecular flexibility index (Phi) is 9.40. The maximum atomic E-state index is 12.7. The molecule has 0 spiro atoms. The predicted molar refractivity (Wildman–Crippen MR) is 129 cm³/mol. The van der Waals surface area contributed by atoms with Crippen LogP contribution in [0.4, 0.5) is 4.79 Å². The molecule has 0 fully saturated rings. The zero-order valence-electron chi connectivity index (χ0n) is 21.3. The molecule has 2 rings (SSSR count). The van der Waals surface area contributed by atoms with E-state index in [9.17, 15) is 9.59 Å². The van der Waals surface area contributed by atoms with Crippen molar-refractivity contribution in [2.24, 2.45) is 16.8 Å². The maximum Gasteiger partial charge on any atom is 0.408 e. The molecule has 0 aliphatic carbocycles. The van der Waals surface area contributed by atoms with Gasteiger partial charge in [0, 0.05) is 13.1 Å². The first-order valence-electron chi connectivity index (χ1n) is 11.4. The lowest BCUT2D eigenvalue weighted by Crippen LogP contribution is -2.47. The fraction of sp³-hybridized carbons (Fsp3) is 0.625. The van der Waals surface area contributed by atoms with Crippen LogP contribution in [0.3, 0.4) is 0 Å². The van der Waals surface area contributed by atoms with Gasteiger partial charge in [0.15, 0.2) is 23.9 Å². The van der Waals surface area contributed by atoms with Gasteiger partial charge >= 0.3 is 6.09 Å². The summed E-state index contributed by atoms with van der Waals surface area (Å²) in [6, 6.07) is 3.27. The summed E-state index contributed by atoms with van der Waals surface area (Å²) in [5.41, 5.74) is 7.55. The minimum atomic E-state index is -0.635. The van der Waals surface area contributed by atoms with Crippen molar-refractivity contribution in [1.82, 2.24) is 10.2 Å². The number of ether oxygens (including phenoxy) is 3. The third-order valence-electron chi connectivity index (χ3n) is 5.18. The molecule has 1 aromatic rings. The van der Waals surface area contributed by atoms with Crippen LogP contribution in [0.5, 0.6) is 11.5 Å². The number of nitrogens with one attached hydrogen (secondary N) is 1. The highest BCUT2D eigenvalue weighted by molar-refractivity contribution is 5.88. The Morgan fingerprint density at radius 2 is 1.76 bits per heavy atom. The second-order valence-corrected chi connectivity index (χ2v) is 9.66. The Hall–Kier alpha value is -3.17. The van der Waals surface area contributed by atoms with E-state index in [1.54, 1.807) is 39.9 Å². The summed E-state index contributed by atoms with van der Waals surface area (Å²) in [5, 5.41) is 6.62. The Labute approximate surface area is 201 Å². The molecule has 1 heterocycles. The predicted octanol–water partition coefficient (Wildman–Crippen LogP) is 2.82. The normalized spacial score (nSPS) is 14.8. The molecule has 0 radical (unpaired) electrons. The zero-order valence-corrected chi connectivity index (χ0v) is 21.3. The molecule has 2 amide bonds. The fourth-order valence-corrected chi connectivity index (χ4v) is 3.59. The van der Waals surface area contributed by atoms with Crippen LogP contribution in [0.25, 0.3) is 0 Å². The summed E-state index contributed by atoms with van der Waals surface area (Å²) < 4.78 is 16.0. The van der Waals surface area contributed by atoms with Crippen LogP contribution in [0.2, 0.25) is 0 Å². The van der Waals surface area contributed by atoms with Gasteiger partial charge in [-0.05, 0) is 62.8 Å². The number of carbonyl (C=O) groups is 2. The van der Waals surface area contributed by atoms with Gasteiger partial charge in [-0.1, -0.05) is 19.0 Å². The lowest BCUT2D eigenvalue weighted by Gasteiger charge is -2.29. The highest BCUT2D eigenvalue weighted by atomic mass is 16.6. The molecule has 34 heavy (non-hydrogen) atoms. The Balaban J connectivity index is 1.97. The standard InChI is InChI=1S/C24H38N4O6/c1-15(2)10-18(26-23(30)34-24(3,4)5)22(25)27-33-14-21(29)28-9-8-16-11-19(31-6)20(32-7)12-17(16)13-28/h11-12,15,18H,8-10,13-14H2,1-7H3,(H2,25,27)(H,26,30). The Bertz CT molecular complexity index is 894. The average molecular weight is 479 g/mol. The van der Waals surface area contributed by atoms with Crippen LogP contribution < -0.4 is 20.5 Å². The molecule has 1 aromatic carbocycles. The molecule has 190 valence electrons. The van der Waals surface area contributed by atoms with Crippen LogP contribution in [-0.2, 0) is 27.3 Å². The number of alkyl carbamates (subject to hydrolysis) is 1. The summed E-state index contributed by atoms with van der Waals surface area (Å²) in [5.74, 6) is 1.40. The second-order valence-electron chi connectivity index (χ2n) is 9.66. The Morgan fingerprint density at radius 1 is 1.15 bits per heavy atom. The van der Waals surface area contributed by atoms with Crippen molar-refractivity contribution in [2.75, 3.05) is 27.4 Å². The SMILES string of the molecule is COc1cc2c(cc1OC)CN(C(=O)CO/N=C(/N)C(CC(C)C)NC(=O)OC(C)(C)C)CC2. The van der Waals surface area contributed by atoms with Crippen LogP contribution in [0, 0.1) is 5.92 Å². The van der Waals surface area contributed by atoms with Crippen LogP contribution in [0.1, 0.15) is 52.2 Å². The van der Waals surface area contributed by atoms with Gasteiger partial charge in [-0.15, -0.1) is 0 Å². The lowest BCUT2D eigenvalue weighted by molar-refractivity contribution is -0.137. The molecule has 1 aliphatic rings. The molecule has 10 nitrogen and oxygen atoms in total. The van der Waals surface area contributed by atoms with Crippen molar-refractivity contribution >= 4 is 17.8 Å². The first-order valence-corrected chi connectivity index (χ1v) is 11.4. The molecule has 0 bridgehead atoms. The third kappa shape index (κ3) is 8.00. The van der Waals surface area contributed by atoms with Crippen LogP contribution in [-0.4, -0.2) is 61.8 Å². The van der Waals surface area contributed by atoms with Gasteiger partial charge in [0.05, 0.1) is 20.3 Å². The van der Waals surface area contributed by atoms with Crippen LogP contribution in [0.15, 0.2) is 17.3 Å². The highest BCUT2D eigenvalue weighted by Gasteiger charge is 2.25. The number of nitrogens with two attached hydrogens (primary N) is 1. The van der Waals surface area contributed by atoms with Crippen molar-refractivity contribution in [1.29, 1.82) is 0 Å². The van der Waals surface area contributed by atoms with E-state index in [0.29, 0.717) is 37.4 Å². The largest absolute Gasteiger partial charge is 0.493 e. The van der Waals surface area contributed by atoms with Crippen molar-refractivity contribution in [2.45, 2.75) is 65.6 Å². The summed E-state index contributed by atoms with van der Waals surface area (Å²) in [6.45, 7) is 10.1. The topological polar surface area (TPSA) is 125 Å². The number of rotatable bonds is 9. The summed E-state index contributed by atoms with van der Waals surface area (Å²) in [6.07, 6.45) is 0.648. The van der Waals surface area contributed by atoms with Crippen molar-refractivity contribution < 1.29 is 28.6 Å². The van der Waals surface area contributed by atoms with Gasteiger partial charge in [0.1, 0.15) is 5.60 Å². The first-order chi connectivity index (χ1) is 15.9. The second kappa shape index (κ2) is 11.8. The molecule has 3 N–H and O–H groups in total. The number of benzene rings is 1. The summed E-state index contributed by atoms with van der Waals surface area (Å²) >= 11 is 0. The van der Waals surface area contributed by atoms with E-state index in [0.717, 1.165) is 11.1 Å². The van der Waals surface area contributed by atoms with E-state index in [1.165, 1.54) is 0 Å². The number of carbonyl (C=O) groups excluding carboxylic acids is 2. The summed E-state index contributed by atoms with van der Waals surface area (Å²) in [4.78, 5) is 31.8. The Morgan fingerprint density at radius 3 is 2.32 bits per heavy atom. The molecule has 1 unspecified atom stereocenters. The number of nitrogens with zero attached hydrogens (tertiary/aromatic N) is 2. The summed E-state index contributed by atoms with van der Waals surface area (Å²) in [7, 11) is 3.18. The molecule has 0 aromatic heterocycles. The van der Waals surface area contributed by atoms with Gasteiger partial charge in [0.25, 0.3) is 5.91 Å². The third-order valence-corrected chi connectivity index (χ3v) is 5.18. The molecular weight excluding hydrogens is 440 g/mol. The minimum Gasteiger partial charge on any atom is -0.493 e. The van der Waals surface area contributed by atoms with E-state index < -0.39 is 17.7 Å². The van der Waals surface area contributed by atoms with E-state index in [2.05, 4.69) is 10.5 Å². The fourth-order valence-electron chi connectivity index (χ4n) is 3.59. The lowest BCUT2D eigenvalue weighted by atomic mass is 9.99. The number of fused-ring (bicyclic) bond motifs is 1. The molecule has 1 atom stereocenters. The molecule has 10 heteroatoms. The number of hydrogen-bond acceptors (Lipinski definition) is 7. The molecule has 1 aliphatic heterocycles. The van der Waals surface area contributed by atoms with Gasteiger partial charge in [-0.25, -0.2) is 4.79 Å². The van der Waals surface area contributed by atoms with Crippen molar-refractivity contribution in [3.05, 3.63) is 23.3 Å². The smallest absolute Gasteiger partial charge is 0.408 e. The quantitative estimate of drug-likeness (QED) is 0.318. The van der Waals surface area contributed by atoms with E-state index in [4.69, 9.17) is 24.8 Å². The van der Waals surface area contributed by atoms with E-state index in [1.807, 2.05) is 26.0 Å². The average Bonchev–Trinajstić information content (AvgIpc) is 2.75. The maximum absolute atomic E-state index is 12.7. The monoisotopic (exact) mass is 478 g/mol. The first kappa shape index (κ1) is 27.1. The number of methoxy groups -OCH3 is 2. The minimum absolute atomic E-state index is 0.0770. The van der Waals surface area contributed by atoms with Gasteiger partial charge in [-0.2, -0.15) is 0 Å².